The van der Waals surface area contributed by atoms with E-state index in [9.17, 15) is 19.2 Å². The molecule has 1 aromatic carbocycles. The molecule has 8 nitrogen and oxygen atoms in total. The number of carbonyl (C=O) groups excluding carboxylic acids is 2. The van der Waals surface area contributed by atoms with E-state index in [-0.39, 0.29) is 24.4 Å². The number of hydrogen-bond acceptors (Lipinski definition) is 6. The summed E-state index contributed by atoms with van der Waals surface area (Å²) >= 11 is 0. The Bertz CT molecular complexity index is 674. The fraction of sp³-hybridized carbons (Fsp3) is 0.200. The van der Waals surface area contributed by atoms with Crippen LogP contribution in [0.1, 0.15) is 38.0 Å². The van der Waals surface area contributed by atoms with Crippen molar-refractivity contribution < 1.29 is 38.9 Å². The minimum Gasteiger partial charge on any atom is -0.478 e. The van der Waals surface area contributed by atoms with Crippen molar-refractivity contribution in [2.24, 2.45) is 0 Å². The number of hydrogen-bond donors (Lipinski definition) is 2. The summed E-state index contributed by atoms with van der Waals surface area (Å²) in [6.07, 6.45) is 0. The lowest BCUT2D eigenvalue weighted by Crippen LogP contribution is -2.15. The standard InChI is InChI=1S/C15H14O8/c1-8(2)14(20)22-5-6-23-15(21)9-3-4-10(12(16)17)11(7-9)13(18)19/h3-4,7H,1,5-6H2,2H3,(H,16,17)(H,18,19). The second-order valence-corrected chi connectivity index (χ2v) is 4.42. The van der Waals surface area contributed by atoms with Crippen LogP contribution in [0, 0.1) is 0 Å². The first-order valence-corrected chi connectivity index (χ1v) is 6.34. The highest BCUT2D eigenvalue weighted by Crippen LogP contribution is 2.13. The topological polar surface area (TPSA) is 127 Å². The maximum absolute atomic E-state index is 11.8. The predicted molar refractivity (Wildman–Crippen MR) is 76.4 cm³/mol. The summed E-state index contributed by atoms with van der Waals surface area (Å²) in [5, 5.41) is 17.8. The Hall–Kier alpha value is -3.16. The third kappa shape index (κ3) is 4.95. The monoisotopic (exact) mass is 322 g/mol. The normalized spacial score (nSPS) is 9.78. The molecular weight excluding hydrogens is 308 g/mol. The molecule has 1 aromatic rings. The number of rotatable bonds is 7. The third-order valence-corrected chi connectivity index (χ3v) is 2.61. The van der Waals surface area contributed by atoms with Crippen LogP contribution in [0.2, 0.25) is 0 Å². The van der Waals surface area contributed by atoms with Gasteiger partial charge in [-0.25, -0.2) is 19.2 Å². The molecule has 0 saturated carbocycles. The molecule has 1 rings (SSSR count). The Balaban J connectivity index is 2.72. The van der Waals surface area contributed by atoms with Gasteiger partial charge in [-0.1, -0.05) is 6.58 Å². The number of ether oxygens (including phenoxy) is 2. The summed E-state index contributed by atoms with van der Waals surface area (Å²) in [6, 6.07) is 3.05. The first-order valence-electron chi connectivity index (χ1n) is 6.34. The van der Waals surface area contributed by atoms with Gasteiger partial charge in [-0.2, -0.15) is 0 Å². The second kappa shape index (κ2) is 7.74. The second-order valence-electron chi connectivity index (χ2n) is 4.42. The number of carboxylic acid groups (broad SMARTS) is 2. The molecule has 0 saturated heterocycles. The number of benzene rings is 1. The molecule has 0 atom stereocenters. The average molecular weight is 322 g/mol. The van der Waals surface area contributed by atoms with Gasteiger partial charge >= 0.3 is 23.9 Å². The van der Waals surface area contributed by atoms with Crippen molar-refractivity contribution >= 4 is 23.9 Å². The molecule has 0 aliphatic carbocycles. The summed E-state index contributed by atoms with van der Waals surface area (Å²) in [4.78, 5) is 44.8. The van der Waals surface area contributed by atoms with Crippen molar-refractivity contribution in [1.29, 1.82) is 0 Å². The average Bonchev–Trinajstić information content (AvgIpc) is 2.50. The minimum absolute atomic E-state index is 0.126. The SMILES string of the molecule is C=C(C)C(=O)OCCOC(=O)c1ccc(C(=O)O)c(C(=O)O)c1. The molecule has 0 heterocycles. The van der Waals surface area contributed by atoms with E-state index in [0.717, 1.165) is 18.2 Å². The lowest BCUT2D eigenvalue weighted by Gasteiger charge is -2.08. The number of esters is 2. The highest BCUT2D eigenvalue weighted by Gasteiger charge is 2.19. The molecule has 0 fully saturated rings. The van der Waals surface area contributed by atoms with Crippen LogP contribution in [0.4, 0.5) is 0 Å². The molecule has 122 valence electrons. The maximum atomic E-state index is 11.8. The van der Waals surface area contributed by atoms with Crippen LogP contribution >= 0.6 is 0 Å². The van der Waals surface area contributed by atoms with Crippen LogP contribution in [-0.4, -0.2) is 47.3 Å². The fourth-order valence-corrected chi connectivity index (χ4v) is 1.51. The van der Waals surface area contributed by atoms with Crippen molar-refractivity contribution in [3.63, 3.8) is 0 Å². The van der Waals surface area contributed by atoms with Crippen molar-refractivity contribution in [1.82, 2.24) is 0 Å². The molecule has 0 amide bonds. The predicted octanol–water partition coefficient (Wildman–Crippen LogP) is 1.36. The molecule has 0 spiro atoms. The number of carboxylic acids is 2. The van der Waals surface area contributed by atoms with Gasteiger partial charge in [0.1, 0.15) is 13.2 Å². The molecule has 0 aliphatic rings. The fourth-order valence-electron chi connectivity index (χ4n) is 1.51. The number of carbonyl (C=O) groups is 4. The Kier molecular flexibility index (Phi) is 6.02. The van der Waals surface area contributed by atoms with Crippen LogP contribution in [0.5, 0.6) is 0 Å². The summed E-state index contributed by atoms with van der Waals surface area (Å²) in [5.41, 5.74) is -0.893. The highest BCUT2D eigenvalue weighted by molar-refractivity contribution is 6.03. The Morgan fingerprint density at radius 2 is 1.57 bits per heavy atom. The lowest BCUT2D eigenvalue weighted by atomic mass is 10.0. The van der Waals surface area contributed by atoms with Gasteiger partial charge in [-0.3, -0.25) is 0 Å². The molecule has 0 radical (unpaired) electrons. The third-order valence-electron chi connectivity index (χ3n) is 2.61. The zero-order valence-electron chi connectivity index (χ0n) is 12.2. The van der Waals surface area contributed by atoms with Gasteiger partial charge in [0.2, 0.25) is 0 Å². The van der Waals surface area contributed by atoms with Gasteiger partial charge in [0, 0.05) is 5.57 Å². The van der Waals surface area contributed by atoms with Gasteiger partial charge in [0.25, 0.3) is 0 Å². The van der Waals surface area contributed by atoms with Crippen LogP contribution in [0.25, 0.3) is 0 Å². The van der Waals surface area contributed by atoms with Crippen molar-refractivity contribution in [3.8, 4) is 0 Å². The summed E-state index contributed by atoms with van der Waals surface area (Å²) < 4.78 is 9.52. The summed E-state index contributed by atoms with van der Waals surface area (Å²) in [6.45, 7) is 4.42. The lowest BCUT2D eigenvalue weighted by molar-refractivity contribution is -0.140. The van der Waals surface area contributed by atoms with E-state index in [1.165, 1.54) is 6.92 Å². The Morgan fingerprint density at radius 1 is 1.00 bits per heavy atom. The smallest absolute Gasteiger partial charge is 0.338 e. The summed E-state index contributed by atoms with van der Waals surface area (Å²) in [7, 11) is 0. The van der Waals surface area contributed by atoms with Crippen molar-refractivity contribution in [2.45, 2.75) is 6.92 Å². The molecule has 23 heavy (non-hydrogen) atoms. The minimum atomic E-state index is -1.48. The number of aromatic carboxylic acids is 2. The molecule has 0 aromatic heterocycles. The van der Waals surface area contributed by atoms with Crippen LogP contribution < -0.4 is 0 Å². The Labute approximate surface area is 130 Å². The quantitative estimate of drug-likeness (QED) is 0.437. The molecule has 2 N–H and O–H groups in total. The zero-order valence-corrected chi connectivity index (χ0v) is 12.2. The molecule has 0 aliphatic heterocycles. The highest BCUT2D eigenvalue weighted by atomic mass is 16.6. The van der Waals surface area contributed by atoms with E-state index in [2.05, 4.69) is 6.58 Å². The summed E-state index contributed by atoms with van der Waals surface area (Å²) in [5.74, 6) is -4.39. The van der Waals surface area contributed by atoms with E-state index in [1.54, 1.807) is 0 Å². The van der Waals surface area contributed by atoms with E-state index >= 15 is 0 Å². The van der Waals surface area contributed by atoms with Crippen molar-refractivity contribution in [2.75, 3.05) is 13.2 Å². The van der Waals surface area contributed by atoms with Gasteiger partial charge < -0.3 is 19.7 Å². The zero-order chi connectivity index (χ0) is 17.6. The molecule has 0 bridgehead atoms. The van der Waals surface area contributed by atoms with Crippen molar-refractivity contribution in [3.05, 3.63) is 47.0 Å². The molecule has 8 heteroatoms. The van der Waals surface area contributed by atoms with Crippen LogP contribution in [0.3, 0.4) is 0 Å². The van der Waals surface area contributed by atoms with E-state index in [4.69, 9.17) is 19.7 Å². The van der Waals surface area contributed by atoms with Crippen LogP contribution in [-0.2, 0) is 14.3 Å². The maximum Gasteiger partial charge on any atom is 0.338 e. The Morgan fingerprint density at radius 3 is 2.09 bits per heavy atom. The van der Waals surface area contributed by atoms with Crippen LogP contribution in [0.15, 0.2) is 30.4 Å². The van der Waals surface area contributed by atoms with E-state index in [1.807, 2.05) is 0 Å². The molecular formula is C15H14O8. The largest absolute Gasteiger partial charge is 0.478 e. The van der Waals surface area contributed by atoms with E-state index in [0.29, 0.717) is 0 Å². The van der Waals surface area contributed by atoms with Gasteiger partial charge in [0.05, 0.1) is 16.7 Å². The van der Waals surface area contributed by atoms with Gasteiger partial charge in [-0.15, -0.1) is 0 Å². The van der Waals surface area contributed by atoms with Gasteiger partial charge in [0.15, 0.2) is 0 Å². The first-order chi connectivity index (χ1) is 10.7. The van der Waals surface area contributed by atoms with Gasteiger partial charge in [-0.05, 0) is 25.1 Å². The van der Waals surface area contributed by atoms with E-state index < -0.39 is 35.0 Å². The first kappa shape index (κ1) is 17.9. The molecule has 0 unspecified atom stereocenters.